The van der Waals surface area contributed by atoms with Crippen LogP contribution in [0.15, 0.2) is 22.7 Å². The Hall–Kier alpha value is -0.0900. The average Bonchev–Trinajstić information content (AvgIpc) is 2.46. The molecule has 2 nitrogen and oxygen atoms in total. The van der Waals surface area contributed by atoms with Crippen LogP contribution >= 0.6 is 27.5 Å². The summed E-state index contributed by atoms with van der Waals surface area (Å²) in [5, 5.41) is 11.0. The quantitative estimate of drug-likeness (QED) is 0.754. The number of nitrogens with zero attached hydrogens (tertiary/aromatic N) is 1. The lowest BCUT2D eigenvalue weighted by Crippen LogP contribution is -2.28. The van der Waals surface area contributed by atoms with E-state index in [2.05, 4.69) is 27.9 Å². The van der Waals surface area contributed by atoms with Crippen molar-refractivity contribution in [3.8, 4) is 0 Å². The largest absolute Gasteiger partial charge is 0.388 e. The molecule has 0 bridgehead atoms. The van der Waals surface area contributed by atoms with Crippen LogP contribution in [0.5, 0.6) is 0 Å². The Labute approximate surface area is 141 Å². The second-order valence-corrected chi connectivity index (χ2v) is 7.56. The van der Waals surface area contributed by atoms with Crippen molar-refractivity contribution in [3.63, 3.8) is 0 Å². The maximum atomic E-state index is 10.3. The van der Waals surface area contributed by atoms with Crippen molar-refractivity contribution in [3.05, 3.63) is 33.3 Å². The molecule has 0 amide bonds. The first-order valence-corrected chi connectivity index (χ1v) is 9.05. The fraction of sp³-hybridized carbons (Fsp3) is 0.647. The molecule has 0 saturated heterocycles. The van der Waals surface area contributed by atoms with E-state index >= 15 is 0 Å². The highest BCUT2D eigenvalue weighted by Crippen LogP contribution is 2.29. The van der Waals surface area contributed by atoms with Crippen LogP contribution in [0.25, 0.3) is 0 Å². The molecule has 0 spiro atoms. The van der Waals surface area contributed by atoms with Crippen LogP contribution in [0, 0.1) is 5.92 Å². The minimum Gasteiger partial charge on any atom is -0.388 e. The zero-order chi connectivity index (χ0) is 15.2. The summed E-state index contributed by atoms with van der Waals surface area (Å²) in [5.74, 6) is 0.845. The van der Waals surface area contributed by atoms with Crippen LogP contribution in [0.4, 0.5) is 0 Å². The third-order valence-corrected chi connectivity index (χ3v) is 5.22. The van der Waals surface area contributed by atoms with Gasteiger partial charge in [-0.05, 0) is 49.9 Å². The molecular formula is C17H25BrClNO. The Bertz CT molecular complexity index is 448. The van der Waals surface area contributed by atoms with E-state index in [9.17, 15) is 5.11 Å². The Balaban J connectivity index is 1.78. The molecule has 1 fully saturated rings. The van der Waals surface area contributed by atoms with Crippen LogP contribution in [0.3, 0.4) is 0 Å². The number of aliphatic hydroxyl groups excluding tert-OH is 1. The fourth-order valence-corrected chi connectivity index (χ4v) is 3.97. The van der Waals surface area contributed by atoms with Gasteiger partial charge in [-0.15, -0.1) is 0 Å². The molecule has 1 saturated carbocycles. The van der Waals surface area contributed by atoms with Gasteiger partial charge in [0.2, 0.25) is 0 Å². The molecule has 0 radical (unpaired) electrons. The number of halogens is 2. The average molecular weight is 375 g/mol. The van der Waals surface area contributed by atoms with Crippen molar-refractivity contribution in [2.45, 2.75) is 44.6 Å². The van der Waals surface area contributed by atoms with Gasteiger partial charge in [-0.2, -0.15) is 0 Å². The van der Waals surface area contributed by atoms with Gasteiger partial charge < -0.3 is 10.0 Å². The Kier molecular flexibility index (Phi) is 7.00. The highest BCUT2D eigenvalue weighted by atomic mass is 79.9. The first kappa shape index (κ1) is 17.3. The van der Waals surface area contributed by atoms with E-state index < -0.39 is 6.10 Å². The van der Waals surface area contributed by atoms with Gasteiger partial charge in [0.15, 0.2) is 0 Å². The van der Waals surface area contributed by atoms with Gasteiger partial charge in [0.1, 0.15) is 0 Å². The SMILES string of the molecule is CN(CCC(O)c1ccc(Br)cc1Cl)CC1CCCCC1. The molecule has 21 heavy (non-hydrogen) atoms. The predicted octanol–water partition coefficient (Wildman–Crippen LogP) is 5.04. The monoisotopic (exact) mass is 373 g/mol. The number of aliphatic hydroxyl groups is 1. The zero-order valence-corrected chi connectivity index (χ0v) is 15.0. The van der Waals surface area contributed by atoms with Gasteiger partial charge in [-0.25, -0.2) is 0 Å². The molecule has 1 aliphatic rings. The fourth-order valence-electron chi connectivity index (χ4n) is 3.17. The van der Waals surface area contributed by atoms with Gasteiger partial charge in [0, 0.05) is 22.6 Å². The summed E-state index contributed by atoms with van der Waals surface area (Å²) in [6.45, 7) is 2.06. The molecule has 118 valence electrons. The molecule has 1 atom stereocenters. The molecule has 1 aromatic rings. The Morgan fingerprint density at radius 1 is 1.33 bits per heavy atom. The van der Waals surface area contributed by atoms with E-state index in [1.165, 1.54) is 32.1 Å². The minimum atomic E-state index is -0.487. The first-order chi connectivity index (χ1) is 10.1. The highest BCUT2D eigenvalue weighted by molar-refractivity contribution is 9.10. The number of hydrogen-bond donors (Lipinski definition) is 1. The second-order valence-electron chi connectivity index (χ2n) is 6.24. The number of benzene rings is 1. The van der Waals surface area contributed by atoms with E-state index in [0.29, 0.717) is 5.02 Å². The molecule has 0 heterocycles. The second kappa shape index (κ2) is 8.52. The molecule has 4 heteroatoms. The summed E-state index contributed by atoms with van der Waals surface area (Å²) < 4.78 is 0.942. The summed E-state index contributed by atoms with van der Waals surface area (Å²) in [5.41, 5.74) is 0.825. The van der Waals surface area contributed by atoms with Crippen LogP contribution in [0.1, 0.15) is 50.2 Å². The van der Waals surface area contributed by atoms with Gasteiger partial charge in [-0.3, -0.25) is 0 Å². The topological polar surface area (TPSA) is 23.5 Å². The van der Waals surface area contributed by atoms with E-state index in [4.69, 9.17) is 11.6 Å². The molecule has 1 N–H and O–H groups in total. The summed E-state index contributed by atoms with van der Waals surface area (Å²) in [6.07, 6.45) is 7.15. The van der Waals surface area contributed by atoms with Crippen LogP contribution in [-0.2, 0) is 0 Å². The molecule has 1 unspecified atom stereocenters. The standard InChI is InChI=1S/C17H25BrClNO/c1-20(12-13-5-3-2-4-6-13)10-9-17(21)15-8-7-14(18)11-16(15)19/h7-8,11,13,17,21H,2-6,9-10,12H2,1H3. The number of rotatable bonds is 6. The summed E-state index contributed by atoms with van der Waals surface area (Å²) in [6, 6.07) is 5.67. The molecule has 0 aliphatic heterocycles. The maximum absolute atomic E-state index is 10.3. The lowest BCUT2D eigenvalue weighted by atomic mass is 9.89. The summed E-state index contributed by atoms with van der Waals surface area (Å²) in [4.78, 5) is 2.35. The van der Waals surface area contributed by atoms with Gasteiger partial charge in [-0.1, -0.05) is 52.9 Å². The molecule has 0 aromatic heterocycles. The minimum absolute atomic E-state index is 0.487. The van der Waals surface area contributed by atoms with Gasteiger partial charge in [0.05, 0.1) is 6.10 Å². The summed E-state index contributed by atoms with van der Waals surface area (Å²) in [7, 11) is 2.16. The highest BCUT2D eigenvalue weighted by Gasteiger charge is 2.17. The summed E-state index contributed by atoms with van der Waals surface area (Å²) >= 11 is 9.58. The van der Waals surface area contributed by atoms with Crippen molar-refractivity contribution < 1.29 is 5.11 Å². The van der Waals surface area contributed by atoms with E-state index in [1.807, 2.05) is 18.2 Å². The Morgan fingerprint density at radius 2 is 2.05 bits per heavy atom. The Morgan fingerprint density at radius 3 is 2.71 bits per heavy atom. The van der Waals surface area contributed by atoms with Crippen LogP contribution < -0.4 is 0 Å². The lowest BCUT2D eigenvalue weighted by molar-refractivity contribution is 0.140. The van der Waals surface area contributed by atoms with Crippen molar-refractivity contribution in [1.82, 2.24) is 4.90 Å². The van der Waals surface area contributed by atoms with Crippen LogP contribution in [0.2, 0.25) is 5.02 Å². The van der Waals surface area contributed by atoms with Crippen molar-refractivity contribution in [1.29, 1.82) is 0 Å². The van der Waals surface area contributed by atoms with Crippen molar-refractivity contribution in [2.24, 2.45) is 5.92 Å². The van der Waals surface area contributed by atoms with Gasteiger partial charge >= 0.3 is 0 Å². The predicted molar refractivity (Wildman–Crippen MR) is 92.8 cm³/mol. The van der Waals surface area contributed by atoms with E-state index in [-0.39, 0.29) is 0 Å². The third kappa shape index (κ3) is 5.55. The maximum Gasteiger partial charge on any atom is 0.0816 e. The first-order valence-electron chi connectivity index (χ1n) is 7.88. The zero-order valence-electron chi connectivity index (χ0n) is 12.7. The number of hydrogen-bond acceptors (Lipinski definition) is 2. The smallest absolute Gasteiger partial charge is 0.0816 e. The van der Waals surface area contributed by atoms with Crippen LogP contribution in [-0.4, -0.2) is 30.1 Å². The third-order valence-electron chi connectivity index (χ3n) is 4.40. The molecule has 1 aromatic carbocycles. The molecular weight excluding hydrogens is 350 g/mol. The van der Waals surface area contributed by atoms with Gasteiger partial charge in [0.25, 0.3) is 0 Å². The van der Waals surface area contributed by atoms with E-state index in [0.717, 1.165) is 35.5 Å². The van der Waals surface area contributed by atoms with Crippen molar-refractivity contribution in [2.75, 3.05) is 20.1 Å². The lowest BCUT2D eigenvalue weighted by Gasteiger charge is -2.27. The molecule has 1 aliphatic carbocycles. The molecule has 2 rings (SSSR count). The van der Waals surface area contributed by atoms with E-state index in [1.54, 1.807) is 0 Å². The van der Waals surface area contributed by atoms with Crippen molar-refractivity contribution >= 4 is 27.5 Å². The normalized spacial score (nSPS) is 18.1.